The molecule has 0 fully saturated rings. The van der Waals surface area contributed by atoms with Crippen molar-refractivity contribution in [3.63, 3.8) is 0 Å². The predicted molar refractivity (Wildman–Crippen MR) is 41.3 cm³/mol. The first-order chi connectivity index (χ1) is 4.54. The van der Waals surface area contributed by atoms with Gasteiger partial charge >= 0.3 is 5.97 Å². The van der Waals surface area contributed by atoms with Crippen LogP contribution in [0.25, 0.3) is 0 Å². The van der Waals surface area contributed by atoms with Gasteiger partial charge in [-0.2, -0.15) is 0 Å². The lowest BCUT2D eigenvalue weighted by atomic mass is 10.5. The molecule has 0 amide bonds. The second-order valence-corrected chi connectivity index (χ2v) is 2.93. The maximum atomic E-state index is 10.6. The lowest BCUT2D eigenvalue weighted by Crippen LogP contribution is -2.14. The number of halogens is 2. The van der Waals surface area contributed by atoms with Crippen molar-refractivity contribution in [1.82, 2.24) is 0 Å². The molecule has 1 atom stereocenters. The van der Waals surface area contributed by atoms with E-state index in [0.29, 0.717) is 0 Å². The van der Waals surface area contributed by atoms with Crippen molar-refractivity contribution in [3.05, 3.63) is 11.6 Å². The highest BCUT2D eigenvalue weighted by Crippen LogP contribution is 2.01. The molecular formula is C6H8Cl2O2. The molecule has 0 spiro atoms. The molecule has 0 aliphatic rings. The van der Waals surface area contributed by atoms with Crippen LogP contribution in [0.5, 0.6) is 0 Å². The number of ether oxygens (including phenoxy) is 1. The van der Waals surface area contributed by atoms with E-state index in [1.807, 2.05) is 0 Å². The zero-order valence-corrected chi connectivity index (χ0v) is 7.08. The van der Waals surface area contributed by atoms with Crippen LogP contribution in [0.3, 0.4) is 0 Å². The minimum Gasteiger partial charge on any atom is -0.459 e. The van der Waals surface area contributed by atoms with Crippen molar-refractivity contribution in [3.8, 4) is 0 Å². The van der Waals surface area contributed by atoms with Crippen LogP contribution in [0.15, 0.2) is 11.6 Å². The van der Waals surface area contributed by atoms with Gasteiger partial charge in [-0.25, -0.2) is 0 Å². The van der Waals surface area contributed by atoms with Gasteiger partial charge in [0.15, 0.2) is 0 Å². The topological polar surface area (TPSA) is 26.3 Å². The highest BCUT2D eigenvalue weighted by Gasteiger charge is 2.09. The molecule has 4 heteroatoms. The van der Waals surface area contributed by atoms with Gasteiger partial charge in [-0.15, -0.1) is 11.6 Å². The third kappa shape index (κ3) is 4.65. The van der Waals surface area contributed by atoms with Crippen molar-refractivity contribution in [2.24, 2.45) is 0 Å². The largest absolute Gasteiger partial charge is 0.459 e. The standard InChI is InChI=1S/C6H8Cl2O2/c1-4(7)3-10-6(9)5(2)8/h5H,1,3H2,2H3. The zero-order chi connectivity index (χ0) is 8.15. The number of carbonyl (C=O) groups excluding carboxylic acids is 1. The first-order valence-electron chi connectivity index (χ1n) is 2.68. The third-order valence-electron chi connectivity index (χ3n) is 0.696. The Bertz CT molecular complexity index is 143. The quantitative estimate of drug-likeness (QED) is 0.493. The number of rotatable bonds is 3. The van der Waals surface area contributed by atoms with Gasteiger partial charge in [-0.3, -0.25) is 4.79 Å². The number of hydrogen-bond acceptors (Lipinski definition) is 2. The number of alkyl halides is 1. The molecule has 0 saturated heterocycles. The first kappa shape index (κ1) is 9.79. The molecule has 0 aromatic heterocycles. The Labute approximate surface area is 69.8 Å². The van der Waals surface area contributed by atoms with E-state index >= 15 is 0 Å². The van der Waals surface area contributed by atoms with E-state index in [4.69, 9.17) is 23.2 Å². The molecular weight excluding hydrogens is 175 g/mol. The summed E-state index contributed by atoms with van der Waals surface area (Å²) in [6.45, 7) is 4.89. The molecule has 2 nitrogen and oxygen atoms in total. The van der Waals surface area contributed by atoms with Gasteiger partial charge in [-0.05, 0) is 6.92 Å². The predicted octanol–water partition coefficient (Wildman–Crippen LogP) is 1.91. The van der Waals surface area contributed by atoms with Crippen molar-refractivity contribution >= 4 is 29.2 Å². The minimum absolute atomic E-state index is 0.0252. The summed E-state index contributed by atoms with van der Waals surface area (Å²) in [7, 11) is 0. The summed E-state index contributed by atoms with van der Waals surface area (Å²) in [6.07, 6.45) is 0. The van der Waals surface area contributed by atoms with Crippen molar-refractivity contribution < 1.29 is 9.53 Å². The molecule has 0 saturated carbocycles. The monoisotopic (exact) mass is 182 g/mol. The third-order valence-corrected chi connectivity index (χ3v) is 0.983. The van der Waals surface area contributed by atoms with Crippen molar-refractivity contribution in [2.45, 2.75) is 12.3 Å². The average Bonchev–Trinajstić information content (AvgIpc) is 1.82. The van der Waals surface area contributed by atoms with E-state index in [0.717, 1.165) is 0 Å². The first-order valence-corrected chi connectivity index (χ1v) is 3.49. The van der Waals surface area contributed by atoms with Crippen LogP contribution < -0.4 is 0 Å². The Morgan fingerprint density at radius 3 is 2.60 bits per heavy atom. The van der Waals surface area contributed by atoms with Gasteiger partial charge in [-0.1, -0.05) is 18.2 Å². The molecule has 0 aliphatic heterocycles. The van der Waals surface area contributed by atoms with E-state index in [2.05, 4.69) is 11.3 Å². The number of hydrogen-bond donors (Lipinski definition) is 0. The Morgan fingerprint density at radius 1 is 1.80 bits per heavy atom. The Balaban J connectivity index is 3.50. The molecule has 1 unspecified atom stereocenters. The van der Waals surface area contributed by atoms with E-state index in [9.17, 15) is 4.79 Å². The molecule has 0 rings (SSSR count). The molecule has 0 N–H and O–H groups in total. The molecule has 10 heavy (non-hydrogen) atoms. The van der Waals surface area contributed by atoms with Gasteiger partial charge in [0.2, 0.25) is 0 Å². The van der Waals surface area contributed by atoms with Crippen LogP contribution in [0.2, 0.25) is 0 Å². The second kappa shape index (κ2) is 4.58. The van der Waals surface area contributed by atoms with Gasteiger partial charge in [0.1, 0.15) is 12.0 Å². The Morgan fingerprint density at radius 2 is 2.30 bits per heavy atom. The lowest BCUT2D eigenvalue weighted by molar-refractivity contribution is -0.141. The number of esters is 1. The summed E-state index contributed by atoms with van der Waals surface area (Å²) in [6, 6.07) is 0. The molecule has 0 aromatic carbocycles. The molecule has 0 aliphatic carbocycles. The van der Waals surface area contributed by atoms with E-state index < -0.39 is 11.3 Å². The average molecular weight is 183 g/mol. The van der Waals surface area contributed by atoms with E-state index in [1.165, 1.54) is 6.92 Å². The van der Waals surface area contributed by atoms with Crippen LogP contribution >= 0.6 is 23.2 Å². The van der Waals surface area contributed by atoms with Gasteiger partial charge < -0.3 is 4.74 Å². The molecule has 58 valence electrons. The van der Waals surface area contributed by atoms with Crippen LogP contribution in [-0.2, 0) is 9.53 Å². The fraction of sp³-hybridized carbons (Fsp3) is 0.500. The Hall–Kier alpha value is -0.210. The Kier molecular flexibility index (Phi) is 4.49. The van der Waals surface area contributed by atoms with Crippen LogP contribution in [0.1, 0.15) is 6.92 Å². The maximum absolute atomic E-state index is 10.6. The summed E-state index contributed by atoms with van der Waals surface area (Å²) in [5, 5.41) is -0.346. The molecule has 0 bridgehead atoms. The fourth-order valence-corrected chi connectivity index (χ4v) is 0.382. The summed E-state index contributed by atoms with van der Waals surface area (Å²) >= 11 is 10.7. The van der Waals surface area contributed by atoms with E-state index in [1.54, 1.807) is 0 Å². The van der Waals surface area contributed by atoms with Gasteiger partial charge in [0.25, 0.3) is 0 Å². The highest BCUT2D eigenvalue weighted by atomic mass is 35.5. The second-order valence-electron chi connectivity index (χ2n) is 1.74. The van der Waals surface area contributed by atoms with E-state index in [-0.39, 0.29) is 11.6 Å². The highest BCUT2D eigenvalue weighted by molar-refractivity contribution is 6.30. The summed E-state index contributed by atoms with van der Waals surface area (Å²) in [5.74, 6) is -0.483. The number of carbonyl (C=O) groups is 1. The van der Waals surface area contributed by atoms with Crippen molar-refractivity contribution in [1.29, 1.82) is 0 Å². The van der Waals surface area contributed by atoms with Gasteiger partial charge in [0, 0.05) is 5.03 Å². The van der Waals surface area contributed by atoms with Crippen molar-refractivity contribution in [2.75, 3.05) is 6.61 Å². The summed E-state index contributed by atoms with van der Waals surface area (Å²) < 4.78 is 4.56. The lowest BCUT2D eigenvalue weighted by Gasteiger charge is -2.03. The SMILES string of the molecule is C=C(Cl)COC(=O)C(C)Cl. The minimum atomic E-state index is -0.629. The normalized spacial score (nSPS) is 12.3. The zero-order valence-electron chi connectivity index (χ0n) is 5.56. The van der Waals surface area contributed by atoms with Gasteiger partial charge in [0.05, 0.1) is 0 Å². The summed E-state index contributed by atoms with van der Waals surface area (Å²) in [5.41, 5.74) is 0. The maximum Gasteiger partial charge on any atom is 0.324 e. The molecule has 0 heterocycles. The fourth-order valence-electron chi connectivity index (χ4n) is 0.264. The summed E-state index contributed by atoms with van der Waals surface area (Å²) in [4.78, 5) is 10.6. The molecule has 0 aromatic rings. The van der Waals surface area contributed by atoms with Crippen LogP contribution in [-0.4, -0.2) is 18.0 Å². The molecule has 0 radical (unpaired) electrons. The van der Waals surface area contributed by atoms with Crippen LogP contribution in [0, 0.1) is 0 Å². The smallest absolute Gasteiger partial charge is 0.324 e. The van der Waals surface area contributed by atoms with Crippen LogP contribution in [0.4, 0.5) is 0 Å².